The molecular formula is C30H33F3N6O. The normalized spacial score (nSPS) is 14.5. The molecule has 0 radical (unpaired) electrons. The van der Waals surface area contributed by atoms with Gasteiger partial charge >= 0.3 is 6.18 Å². The summed E-state index contributed by atoms with van der Waals surface area (Å²) in [6.07, 6.45) is -1.30. The molecule has 3 aromatic rings. The monoisotopic (exact) mass is 550 g/mol. The summed E-state index contributed by atoms with van der Waals surface area (Å²) in [7, 11) is 2.02. The van der Waals surface area contributed by atoms with Crippen LogP contribution in [0.5, 0.6) is 0 Å². The van der Waals surface area contributed by atoms with Gasteiger partial charge in [-0.05, 0) is 69.3 Å². The number of alkyl halides is 3. The minimum atomic E-state index is -4.53. The number of nitrogens with zero attached hydrogens (tertiary/aromatic N) is 4. The number of hydrogen-bond acceptors (Lipinski definition) is 6. The Bertz CT molecular complexity index is 1400. The van der Waals surface area contributed by atoms with Crippen LogP contribution in [0.25, 0.3) is 0 Å². The fourth-order valence-corrected chi connectivity index (χ4v) is 4.25. The molecule has 0 bridgehead atoms. The van der Waals surface area contributed by atoms with E-state index in [-0.39, 0.29) is 11.7 Å². The van der Waals surface area contributed by atoms with E-state index in [0.29, 0.717) is 34.7 Å². The molecule has 2 N–H and O–H groups in total. The van der Waals surface area contributed by atoms with E-state index in [4.69, 9.17) is 0 Å². The fourth-order valence-electron chi connectivity index (χ4n) is 4.25. The van der Waals surface area contributed by atoms with Crippen LogP contribution >= 0.6 is 0 Å². The van der Waals surface area contributed by atoms with Gasteiger partial charge in [0.1, 0.15) is 0 Å². The van der Waals surface area contributed by atoms with Crippen LogP contribution in [0.1, 0.15) is 52.0 Å². The summed E-state index contributed by atoms with van der Waals surface area (Å²) in [6.45, 7) is 9.48. The van der Waals surface area contributed by atoms with E-state index < -0.39 is 17.6 Å². The van der Waals surface area contributed by atoms with Gasteiger partial charge in [-0.25, -0.2) is 9.97 Å². The first-order valence-corrected chi connectivity index (χ1v) is 13.1. The minimum Gasteiger partial charge on any atom is -0.352 e. The summed E-state index contributed by atoms with van der Waals surface area (Å²) in [5.41, 5.74) is 2.20. The number of amides is 1. The third-order valence-corrected chi connectivity index (χ3v) is 6.49. The molecule has 0 saturated carbocycles. The maximum Gasteiger partial charge on any atom is 0.416 e. The van der Waals surface area contributed by atoms with Crippen molar-refractivity contribution in [3.63, 3.8) is 0 Å². The Kier molecular flexibility index (Phi) is 9.07. The van der Waals surface area contributed by atoms with Crippen LogP contribution in [0, 0.1) is 18.8 Å². The van der Waals surface area contributed by atoms with Gasteiger partial charge in [-0.15, -0.1) is 0 Å². The number of hydrogen-bond donors (Lipinski definition) is 2. The Balaban J connectivity index is 1.52. The SMILES string of the molecule is Cc1ccc(C(=O)Nc2cc(CN3CCN(C)CC3)cc(C(F)(F)F)c2)cc1C#Cc1cnc(NC(C)C)nc1. The van der Waals surface area contributed by atoms with Crippen LogP contribution in [-0.2, 0) is 12.7 Å². The number of rotatable bonds is 6. The van der Waals surface area contributed by atoms with E-state index in [1.165, 1.54) is 0 Å². The number of carbonyl (C=O) groups excluding carboxylic acids is 1. The third-order valence-electron chi connectivity index (χ3n) is 6.49. The third kappa shape index (κ3) is 8.04. The second kappa shape index (κ2) is 12.5. The molecule has 1 aliphatic rings. The van der Waals surface area contributed by atoms with Gasteiger partial charge in [-0.2, -0.15) is 13.2 Å². The molecule has 1 fully saturated rings. The van der Waals surface area contributed by atoms with E-state index in [1.54, 1.807) is 36.7 Å². The second-order valence-corrected chi connectivity index (χ2v) is 10.3. The summed E-state index contributed by atoms with van der Waals surface area (Å²) < 4.78 is 41.0. The van der Waals surface area contributed by atoms with Crippen molar-refractivity contribution in [3.8, 4) is 11.8 Å². The summed E-state index contributed by atoms with van der Waals surface area (Å²) in [6, 6.07) is 8.96. The molecular weight excluding hydrogens is 517 g/mol. The molecule has 40 heavy (non-hydrogen) atoms. The average molecular weight is 551 g/mol. The van der Waals surface area contributed by atoms with Crippen LogP contribution in [0.4, 0.5) is 24.8 Å². The van der Waals surface area contributed by atoms with Gasteiger partial charge in [0.15, 0.2) is 0 Å². The van der Waals surface area contributed by atoms with Gasteiger partial charge in [0.2, 0.25) is 5.95 Å². The number of aryl methyl sites for hydroxylation is 1. The number of anilines is 2. The van der Waals surface area contributed by atoms with Gasteiger partial charge in [0.05, 0.1) is 11.1 Å². The summed E-state index contributed by atoms with van der Waals surface area (Å²) in [5, 5.41) is 5.77. The zero-order chi connectivity index (χ0) is 28.9. The van der Waals surface area contributed by atoms with Crippen LogP contribution in [-0.4, -0.2) is 64.9 Å². The van der Waals surface area contributed by atoms with Crippen molar-refractivity contribution in [3.05, 3.63) is 82.2 Å². The lowest BCUT2D eigenvalue weighted by molar-refractivity contribution is -0.137. The Morgan fingerprint density at radius 3 is 2.38 bits per heavy atom. The number of aromatic nitrogens is 2. The van der Waals surface area contributed by atoms with Gasteiger partial charge in [0, 0.05) is 68.0 Å². The van der Waals surface area contributed by atoms with Crippen molar-refractivity contribution in [2.24, 2.45) is 0 Å². The smallest absolute Gasteiger partial charge is 0.352 e. The standard InChI is InChI=1S/C30H33F3N6O/c1-20(2)36-29-34-17-22(18-35-29)6-8-24-15-25(7-5-21(24)3)28(40)37-27-14-23(13-26(16-27)30(31,32)33)19-39-11-9-38(4)10-12-39/h5,7,13-18,20H,9-12,19H2,1-4H3,(H,37,40)(H,34,35,36). The number of benzene rings is 2. The molecule has 1 aromatic heterocycles. The zero-order valence-electron chi connectivity index (χ0n) is 23.1. The molecule has 0 atom stereocenters. The van der Waals surface area contributed by atoms with Crippen molar-refractivity contribution in [2.75, 3.05) is 43.9 Å². The first kappa shape index (κ1) is 29.1. The maximum atomic E-state index is 13.7. The van der Waals surface area contributed by atoms with Crippen molar-refractivity contribution in [2.45, 2.75) is 39.5 Å². The molecule has 1 amide bonds. The van der Waals surface area contributed by atoms with Crippen molar-refractivity contribution < 1.29 is 18.0 Å². The molecule has 2 heterocycles. The molecule has 2 aromatic carbocycles. The van der Waals surface area contributed by atoms with Crippen LogP contribution < -0.4 is 10.6 Å². The van der Waals surface area contributed by atoms with E-state index in [9.17, 15) is 18.0 Å². The first-order valence-electron chi connectivity index (χ1n) is 13.1. The van der Waals surface area contributed by atoms with Crippen molar-refractivity contribution in [1.82, 2.24) is 19.8 Å². The van der Waals surface area contributed by atoms with Crippen molar-refractivity contribution >= 4 is 17.5 Å². The maximum absolute atomic E-state index is 13.7. The average Bonchev–Trinajstić information content (AvgIpc) is 2.89. The predicted molar refractivity (Wildman–Crippen MR) is 150 cm³/mol. The molecule has 10 heteroatoms. The van der Waals surface area contributed by atoms with E-state index in [2.05, 4.69) is 42.2 Å². The molecule has 0 unspecified atom stereocenters. The molecule has 0 aliphatic carbocycles. The van der Waals surface area contributed by atoms with Gasteiger partial charge < -0.3 is 15.5 Å². The summed E-state index contributed by atoms with van der Waals surface area (Å²) in [5.74, 6) is 6.05. The van der Waals surface area contributed by atoms with E-state index in [1.807, 2.05) is 27.8 Å². The lowest BCUT2D eigenvalue weighted by Gasteiger charge is -2.32. The first-order chi connectivity index (χ1) is 19.0. The molecule has 7 nitrogen and oxygen atoms in total. The van der Waals surface area contributed by atoms with Crippen LogP contribution in [0.15, 0.2) is 48.8 Å². The number of likely N-dealkylation sites (N-methyl/N-ethyl adjacent to an activating group) is 1. The van der Waals surface area contributed by atoms with Gasteiger partial charge in [-0.1, -0.05) is 17.9 Å². The van der Waals surface area contributed by atoms with Crippen LogP contribution in [0.3, 0.4) is 0 Å². The molecule has 1 aliphatic heterocycles. The summed E-state index contributed by atoms with van der Waals surface area (Å²) >= 11 is 0. The van der Waals surface area contributed by atoms with E-state index in [0.717, 1.165) is 43.9 Å². The number of piperazine rings is 1. The highest BCUT2D eigenvalue weighted by Crippen LogP contribution is 2.32. The highest BCUT2D eigenvalue weighted by Gasteiger charge is 2.31. The Hall–Kier alpha value is -3.94. The number of nitrogens with one attached hydrogen (secondary N) is 2. The van der Waals surface area contributed by atoms with Gasteiger partial charge in [-0.3, -0.25) is 9.69 Å². The predicted octanol–water partition coefficient (Wildman–Crippen LogP) is 5.02. The van der Waals surface area contributed by atoms with Crippen LogP contribution in [0.2, 0.25) is 0 Å². The summed E-state index contributed by atoms with van der Waals surface area (Å²) in [4.78, 5) is 25.9. The number of halogens is 3. The zero-order valence-corrected chi connectivity index (χ0v) is 23.1. The Morgan fingerprint density at radius 2 is 1.73 bits per heavy atom. The lowest BCUT2D eigenvalue weighted by atomic mass is 10.0. The second-order valence-electron chi connectivity index (χ2n) is 10.3. The number of carbonyl (C=O) groups is 1. The molecule has 210 valence electrons. The van der Waals surface area contributed by atoms with E-state index >= 15 is 0 Å². The van der Waals surface area contributed by atoms with Crippen molar-refractivity contribution in [1.29, 1.82) is 0 Å². The lowest BCUT2D eigenvalue weighted by Crippen LogP contribution is -2.43. The molecule has 0 spiro atoms. The Labute approximate surface area is 232 Å². The Morgan fingerprint density at radius 1 is 1.02 bits per heavy atom. The molecule has 1 saturated heterocycles. The van der Waals surface area contributed by atoms with Gasteiger partial charge in [0.25, 0.3) is 5.91 Å². The molecule has 4 rings (SSSR count). The highest BCUT2D eigenvalue weighted by atomic mass is 19.4. The quantitative estimate of drug-likeness (QED) is 0.420. The largest absolute Gasteiger partial charge is 0.416 e. The topological polar surface area (TPSA) is 73.4 Å². The highest BCUT2D eigenvalue weighted by molar-refractivity contribution is 6.04. The minimum absolute atomic E-state index is 0.101. The fraction of sp³-hybridized carbons (Fsp3) is 0.367.